The van der Waals surface area contributed by atoms with Gasteiger partial charge in [0.1, 0.15) is 5.57 Å². The van der Waals surface area contributed by atoms with E-state index in [-0.39, 0.29) is 32.8 Å². The minimum absolute atomic E-state index is 0.00143. The molecule has 4 amide bonds. The predicted octanol–water partition coefficient (Wildman–Crippen LogP) is 3.37. The average molecular weight is 407 g/mol. The van der Waals surface area contributed by atoms with E-state index in [1.165, 1.54) is 43.5 Å². The number of halogens is 2. The summed E-state index contributed by atoms with van der Waals surface area (Å²) in [4.78, 5) is 37.9. The summed E-state index contributed by atoms with van der Waals surface area (Å²) in [6, 6.07) is 7.84. The van der Waals surface area contributed by atoms with Crippen LogP contribution in [-0.4, -0.2) is 30.1 Å². The van der Waals surface area contributed by atoms with E-state index in [1.54, 1.807) is 6.07 Å². The lowest BCUT2D eigenvalue weighted by Crippen LogP contribution is -2.54. The van der Waals surface area contributed by atoms with E-state index in [4.69, 9.17) is 27.9 Å². The Labute approximate surface area is 163 Å². The Balaban J connectivity index is 2.05. The van der Waals surface area contributed by atoms with Crippen LogP contribution in [0.25, 0.3) is 6.08 Å². The van der Waals surface area contributed by atoms with Gasteiger partial charge in [0.15, 0.2) is 11.5 Å². The molecule has 0 atom stereocenters. The number of carbonyl (C=O) groups excluding carboxylic acids is 3. The number of carbonyl (C=O) groups is 3. The fraction of sp³-hybridized carbons (Fsp3) is 0.0556. The molecule has 0 bridgehead atoms. The molecule has 9 heteroatoms. The van der Waals surface area contributed by atoms with Crippen molar-refractivity contribution in [2.45, 2.75) is 0 Å². The first-order chi connectivity index (χ1) is 12.8. The number of anilines is 1. The van der Waals surface area contributed by atoms with E-state index in [9.17, 15) is 19.5 Å². The lowest BCUT2D eigenvalue weighted by atomic mass is 10.1. The van der Waals surface area contributed by atoms with Gasteiger partial charge in [-0.2, -0.15) is 0 Å². The molecular weight excluding hydrogens is 395 g/mol. The van der Waals surface area contributed by atoms with E-state index in [2.05, 4.69) is 5.32 Å². The zero-order valence-electron chi connectivity index (χ0n) is 13.8. The Morgan fingerprint density at radius 2 is 1.89 bits per heavy atom. The van der Waals surface area contributed by atoms with Crippen LogP contribution in [0.1, 0.15) is 5.56 Å². The number of amides is 4. The number of hydrogen-bond acceptors (Lipinski definition) is 5. The van der Waals surface area contributed by atoms with Crippen molar-refractivity contribution in [1.29, 1.82) is 0 Å². The van der Waals surface area contributed by atoms with Crippen molar-refractivity contribution >= 4 is 52.8 Å². The van der Waals surface area contributed by atoms with Crippen LogP contribution in [0, 0.1) is 0 Å². The lowest BCUT2D eigenvalue weighted by Gasteiger charge is -2.27. The Bertz CT molecular complexity index is 1000. The molecule has 3 rings (SSSR count). The maximum absolute atomic E-state index is 12.8. The normalized spacial score (nSPS) is 15.9. The summed E-state index contributed by atoms with van der Waals surface area (Å²) >= 11 is 12.0. The number of imide groups is 2. The molecule has 0 aromatic heterocycles. The standard InChI is InChI=1S/C18H12Cl2N2O5/c1-27-14-6-5-9(8-13(14)23)7-10-16(24)21-18(26)22(17(10)25)12-4-2-3-11(19)15(12)20/h2-8,23H,1H3,(H,21,24,26). The summed E-state index contributed by atoms with van der Waals surface area (Å²) in [5.74, 6) is -1.67. The van der Waals surface area contributed by atoms with E-state index in [1.807, 2.05) is 0 Å². The Morgan fingerprint density at radius 1 is 1.15 bits per heavy atom. The largest absolute Gasteiger partial charge is 0.504 e. The molecule has 0 spiro atoms. The molecule has 7 nitrogen and oxygen atoms in total. The van der Waals surface area contributed by atoms with E-state index < -0.39 is 17.8 Å². The molecule has 1 saturated heterocycles. The molecule has 138 valence electrons. The third kappa shape index (κ3) is 3.47. The third-order valence-corrected chi connectivity index (χ3v) is 4.60. The van der Waals surface area contributed by atoms with Crippen molar-refractivity contribution in [3.63, 3.8) is 0 Å². The van der Waals surface area contributed by atoms with Gasteiger partial charge in [0.25, 0.3) is 11.8 Å². The molecule has 2 N–H and O–H groups in total. The fourth-order valence-corrected chi connectivity index (χ4v) is 2.88. The van der Waals surface area contributed by atoms with Gasteiger partial charge in [-0.15, -0.1) is 0 Å². The summed E-state index contributed by atoms with van der Waals surface area (Å²) in [6.45, 7) is 0. The van der Waals surface area contributed by atoms with Crippen molar-refractivity contribution in [2.75, 3.05) is 12.0 Å². The van der Waals surface area contributed by atoms with Gasteiger partial charge in [0.05, 0.1) is 22.8 Å². The van der Waals surface area contributed by atoms with E-state index in [0.29, 0.717) is 5.56 Å². The summed E-state index contributed by atoms with van der Waals surface area (Å²) in [5, 5.41) is 12.1. The van der Waals surface area contributed by atoms with Gasteiger partial charge in [-0.3, -0.25) is 14.9 Å². The van der Waals surface area contributed by atoms with Crippen LogP contribution >= 0.6 is 23.2 Å². The summed E-state index contributed by atoms with van der Waals surface area (Å²) in [5.41, 5.74) is 0.0937. The first kappa shape index (κ1) is 18.8. The van der Waals surface area contributed by atoms with Gasteiger partial charge in [0, 0.05) is 0 Å². The maximum Gasteiger partial charge on any atom is 0.336 e. The number of barbiturate groups is 1. The molecule has 1 heterocycles. The molecule has 0 saturated carbocycles. The zero-order valence-corrected chi connectivity index (χ0v) is 15.3. The van der Waals surface area contributed by atoms with Gasteiger partial charge in [0.2, 0.25) is 0 Å². The van der Waals surface area contributed by atoms with Gasteiger partial charge >= 0.3 is 6.03 Å². The third-order valence-electron chi connectivity index (χ3n) is 3.79. The predicted molar refractivity (Wildman–Crippen MR) is 100 cm³/mol. The van der Waals surface area contributed by atoms with Crippen molar-refractivity contribution in [2.24, 2.45) is 0 Å². The molecule has 1 fully saturated rings. The molecule has 0 unspecified atom stereocenters. The van der Waals surface area contributed by atoms with Crippen LogP contribution in [0.5, 0.6) is 11.5 Å². The Kier molecular flexibility index (Phi) is 5.07. The van der Waals surface area contributed by atoms with Crippen molar-refractivity contribution in [3.8, 4) is 11.5 Å². The second-order valence-corrected chi connectivity index (χ2v) is 6.25. The zero-order chi connectivity index (χ0) is 19.7. The first-order valence-corrected chi connectivity index (χ1v) is 8.31. The topological polar surface area (TPSA) is 95.9 Å². The molecular formula is C18H12Cl2N2O5. The number of phenolic OH excluding ortho intramolecular Hbond substituents is 1. The van der Waals surface area contributed by atoms with Gasteiger partial charge in [-0.25, -0.2) is 9.69 Å². The summed E-state index contributed by atoms with van der Waals surface area (Å²) < 4.78 is 4.95. The molecule has 27 heavy (non-hydrogen) atoms. The second-order valence-electron chi connectivity index (χ2n) is 5.46. The summed E-state index contributed by atoms with van der Waals surface area (Å²) in [7, 11) is 1.39. The molecule has 2 aromatic carbocycles. The second kappa shape index (κ2) is 7.30. The SMILES string of the molecule is COc1ccc(C=C2C(=O)NC(=O)N(c3cccc(Cl)c3Cl)C2=O)cc1O. The highest BCUT2D eigenvalue weighted by molar-refractivity contribution is 6.46. The van der Waals surface area contributed by atoms with Crippen LogP contribution < -0.4 is 15.0 Å². The monoisotopic (exact) mass is 406 g/mol. The highest BCUT2D eigenvalue weighted by Gasteiger charge is 2.38. The Hall–Kier alpha value is -3.03. The van der Waals surface area contributed by atoms with Crippen LogP contribution in [0.15, 0.2) is 42.0 Å². The molecule has 2 aromatic rings. The van der Waals surface area contributed by atoms with Crippen molar-refractivity contribution in [3.05, 3.63) is 57.6 Å². The van der Waals surface area contributed by atoms with Gasteiger partial charge in [-0.1, -0.05) is 35.3 Å². The number of benzene rings is 2. The van der Waals surface area contributed by atoms with E-state index >= 15 is 0 Å². The Morgan fingerprint density at radius 3 is 2.56 bits per heavy atom. The van der Waals surface area contributed by atoms with Gasteiger partial charge < -0.3 is 9.84 Å². The first-order valence-electron chi connectivity index (χ1n) is 7.56. The van der Waals surface area contributed by atoms with E-state index in [0.717, 1.165) is 4.90 Å². The smallest absolute Gasteiger partial charge is 0.336 e. The van der Waals surface area contributed by atoms with Crippen LogP contribution in [0.4, 0.5) is 10.5 Å². The number of rotatable bonds is 3. The highest BCUT2D eigenvalue weighted by atomic mass is 35.5. The number of nitrogens with zero attached hydrogens (tertiary/aromatic N) is 1. The fourth-order valence-electron chi connectivity index (χ4n) is 2.50. The van der Waals surface area contributed by atoms with Crippen LogP contribution in [-0.2, 0) is 9.59 Å². The highest BCUT2D eigenvalue weighted by Crippen LogP contribution is 2.34. The number of ether oxygens (including phenoxy) is 1. The quantitative estimate of drug-likeness (QED) is 0.601. The minimum Gasteiger partial charge on any atom is -0.504 e. The minimum atomic E-state index is -0.941. The molecule has 0 radical (unpaired) electrons. The lowest BCUT2D eigenvalue weighted by molar-refractivity contribution is -0.122. The van der Waals surface area contributed by atoms with Crippen LogP contribution in [0.3, 0.4) is 0 Å². The van der Waals surface area contributed by atoms with Crippen molar-refractivity contribution in [1.82, 2.24) is 5.32 Å². The number of phenols is 1. The molecule has 1 aliphatic rings. The molecule has 0 aliphatic carbocycles. The van der Waals surface area contributed by atoms with Gasteiger partial charge in [-0.05, 0) is 35.9 Å². The van der Waals surface area contributed by atoms with Crippen LogP contribution in [0.2, 0.25) is 10.0 Å². The number of hydrogen-bond donors (Lipinski definition) is 2. The number of nitrogens with one attached hydrogen (secondary N) is 1. The number of aromatic hydroxyl groups is 1. The molecule has 1 aliphatic heterocycles. The average Bonchev–Trinajstić information content (AvgIpc) is 2.62. The van der Waals surface area contributed by atoms with Crippen molar-refractivity contribution < 1.29 is 24.2 Å². The maximum atomic E-state index is 12.8. The summed E-state index contributed by atoms with van der Waals surface area (Å²) in [6.07, 6.45) is 1.24. The number of urea groups is 1. The number of methoxy groups -OCH3 is 1.